The van der Waals surface area contributed by atoms with Crippen LogP contribution < -0.4 is 5.32 Å². The zero-order valence-corrected chi connectivity index (χ0v) is 19.1. The normalized spacial score (nSPS) is 11.6. The lowest BCUT2D eigenvalue weighted by molar-refractivity contribution is -0.0258. The summed E-state index contributed by atoms with van der Waals surface area (Å²) >= 11 is 13.5. The summed E-state index contributed by atoms with van der Waals surface area (Å²) in [6.45, 7) is 0. The summed E-state index contributed by atoms with van der Waals surface area (Å²) in [6, 6.07) is 11.5. The third kappa shape index (κ3) is 5.00. The van der Waals surface area contributed by atoms with Gasteiger partial charge in [0.15, 0.2) is 5.13 Å². The third-order valence-corrected chi connectivity index (χ3v) is 7.61. The van der Waals surface area contributed by atoms with Crippen LogP contribution in [-0.2, 0) is 21.3 Å². The second kappa shape index (κ2) is 9.42. The number of anilines is 1. The Morgan fingerprint density at radius 1 is 1.20 bits per heavy atom. The molecule has 0 radical (unpaired) electrons. The minimum atomic E-state index is -4.01. The minimum Gasteiger partial charge on any atom is -0.298 e. The average Bonchev–Trinajstić information content (AvgIpc) is 3.15. The molecule has 2 aromatic carbocycles. The molecule has 1 heterocycles. The van der Waals surface area contributed by atoms with Crippen LogP contribution in [0.1, 0.15) is 20.8 Å². The van der Waals surface area contributed by atoms with Gasteiger partial charge in [0.1, 0.15) is 4.90 Å². The highest BCUT2D eigenvalue weighted by Gasteiger charge is 2.25. The van der Waals surface area contributed by atoms with Crippen LogP contribution in [0.15, 0.2) is 53.6 Å². The largest absolute Gasteiger partial charge is 0.298 e. The SMILES string of the molecule is CON(C)S(=O)(=O)c1cc(C(=O)Nc2ncc(Cc3ccccc3Cl)s2)ccc1Cl. The number of aromatic nitrogens is 1. The summed E-state index contributed by atoms with van der Waals surface area (Å²) in [5, 5.41) is 3.70. The highest BCUT2D eigenvalue weighted by molar-refractivity contribution is 7.89. The molecule has 0 saturated heterocycles. The maximum Gasteiger partial charge on any atom is 0.266 e. The number of nitrogens with one attached hydrogen (secondary N) is 1. The van der Waals surface area contributed by atoms with Crippen LogP contribution in [0.3, 0.4) is 0 Å². The highest BCUT2D eigenvalue weighted by atomic mass is 35.5. The third-order valence-electron chi connectivity index (χ3n) is 4.16. The maximum atomic E-state index is 12.6. The molecule has 0 aliphatic rings. The number of sulfonamides is 1. The fourth-order valence-electron chi connectivity index (χ4n) is 2.52. The summed E-state index contributed by atoms with van der Waals surface area (Å²) in [6.07, 6.45) is 2.24. The maximum absolute atomic E-state index is 12.6. The van der Waals surface area contributed by atoms with E-state index in [0.717, 1.165) is 10.4 Å². The van der Waals surface area contributed by atoms with Gasteiger partial charge < -0.3 is 0 Å². The zero-order valence-electron chi connectivity index (χ0n) is 15.9. The van der Waals surface area contributed by atoms with Crippen molar-refractivity contribution in [2.24, 2.45) is 0 Å². The molecule has 0 fully saturated rings. The highest BCUT2D eigenvalue weighted by Crippen LogP contribution is 2.27. The molecule has 158 valence electrons. The van der Waals surface area contributed by atoms with E-state index in [1.165, 1.54) is 43.7 Å². The number of hydrogen-bond acceptors (Lipinski definition) is 6. The summed E-state index contributed by atoms with van der Waals surface area (Å²) in [5.74, 6) is -0.512. The molecule has 3 aromatic rings. The zero-order chi connectivity index (χ0) is 21.9. The number of carbonyl (C=O) groups excluding carboxylic acids is 1. The molecule has 7 nitrogen and oxygen atoms in total. The van der Waals surface area contributed by atoms with Gasteiger partial charge in [0.25, 0.3) is 15.9 Å². The number of nitrogens with zero attached hydrogens (tertiary/aromatic N) is 2. The van der Waals surface area contributed by atoms with Crippen molar-refractivity contribution in [1.29, 1.82) is 0 Å². The van der Waals surface area contributed by atoms with E-state index in [2.05, 4.69) is 10.3 Å². The Balaban J connectivity index is 1.78. The lowest BCUT2D eigenvalue weighted by Gasteiger charge is -2.15. The summed E-state index contributed by atoms with van der Waals surface area (Å²) in [5.41, 5.74) is 1.07. The first-order valence-electron chi connectivity index (χ1n) is 8.54. The summed E-state index contributed by atoms with van der Waals surface area (Å²) in [7, 11) is -1.57. The Kier molecular flexibility index (Phi) is 7.12. The second-order valence-corrected chi connectivity index (χ2v) is 9.93. The van der Waals surface area contributed by atoms with E-state index in [9.17, 15) is 13.2 Å². The van der Waals surface area contributed by atoms with Gasteiger partial charge in [-0.2, -0.15) is 0 Å². The minimum absolute atomic E-state index is 0.0216. The Bertz CT molecular complexity index is 1180. The fraction of sp³-hybridized carbons (Fsp3) is 0.158. The van der Waals surface area contributed by atoms with E-state index in [1.807, 2.05) is 24.3 Å². The van der Waals surface area contributed by atoms with Crippen molar-refractivity contribution in [2.45, 2.75) is 11.3 Å². The number of hydrogen-bond donors (Lipinski definition) is 1. The number of carbonyl (C=O) groups is 1. The van der Waals surface area contributed by atoms with Crippen molar-refractivity contribution in [3.63, 3.8) is 0 Å². The number of hydroxylamine groups is 1. The topological polar surface area (TPSA) is 88.6 Å². The Hall–Kier alpha value is -2.01. The molecule has 0 bridgehead atoms. The van der Waals surface area contributed by atoms with E-state index < -0.39 is 15.9 Å². The smallest absolute Gasteiger partial charge is 0.266 e. The van der Waals surface area contributed by atoms with E-state index in [0.29, 0.717) is 21.0 Å². The molecule has 11 heteroatoms. The first-order valence-corrected chi connectivity index (χ1v) is 11.6. The number of benzene rings is 2. The van der Waals surface area contributed by atoms with Crippen molar-refractivity contribution < 1.29 is 18.0 Å². The van der Waals surface area contributed by atoms with Gasteiger partial charge in [-0.25, -0.2) is 13.4 Å². The summed E-state index contributed by atoms with van der Waals surface area (Å²) in [4.78, 5) is 22.3. The molecule has 0 spiro atoms. The Labute approximate surface area is 188 Å². The molecule has 0 unspecified atom stereocenters. The van der Waals surface area contributed by atoms with Gasteiger partial charge in [-0.3, -0.25) is 14.9 Å². The molecule has 1 amide bonds. The van der Waals surface area contributed by atoms with Crippen LogP contribution in [-0.4, -0.2) is 37.9 Å². The van der Waals surface area contributed by atoms with Crippen LogP contribution >= 0.6 is 34.5 Å². The monoisotopic (exact) mass is 485 g/mol. The predicted octanol–water partition coefficient (Wildman–Crippen LogP) is 4.47. The quantitative estimate of drug-likeness (QED) is 0.498. The average molecular weight is 486 g/mol. The van der Waals surface area contributed by atoms with Crippen LogP contribution in [0.5, 0.6) is 0 Å². The number of amides is 1. The van der Waals surface area contributed by atoms with Crippen molar-refractivity contribution >= 4 is 55.6 Å². The molecule has 1 N–H and O–H groups in total. The number of rotatable bonds is 7. The predicted molar refractivity (Wildman–Crippen MR) is 118 cm³/mol. The number of thiazole rings is 1. The fourth-order valence-corrected chi connectivity index (χ4v) is 5.03. The molecular weight excluding hydrogens is 469 g/mol. The van der Waals surface area contributed by atoms with Crippen LogP contribution in [0, 0.1) is 0 Å². The second-order valence-electron chi connectivity index (χ2n) is 6.10. The Morgan fingerprint density at radius 3 is 2.63 bits per heavy atom. The van der Waals surface area contributed by atoms with Crippen LogP contribution in [0.25, 0.3) is 0 Å². The molecule has 0 aliphatic heterocycles. The first-order chi connectivity index (χ1) is 14.2. The standard InChI is InChI=1S/C19H17Cl2N3O4S2/c1-24(28-2)30(26,27)17-10-13(7-8-16(17)21)18(25)23-19-22-11-14(29-19)9-12-5-3-4-6-15(12)20/h3-8,10-11H,9H2,1-2H3,(H,22,23,25). The molecule has 1 aromatic heterocycles. The summed E-state index contributed by atoms with van der Waals surface area (Å²) < 4.78 is 25.6. The molecule has 0 aliphatic carbocycles. The van der Waals surface area contributed by atoms with Crippen molar-refractivity contribution in [3.05, 3.63) is 74.7 Å². The van der Waals surface area contributed by atoms with Gasteiger partial charge in [-0.05, 0) is 29.8 Å². The lowest BCUT2D eigenvalue weighted by atomic mass is 10.1. The van der Waals surface area contributed by atoms with E-state index in [-0.39, 0.29) is 15.5 Å². The van der Waals surface area contributed by atoms with E-state index in [1.54, 1.807) is 6.20 Å². The van der Waals surface area contributed by atoms with Gasteiger partial charge in [0.2, 0.25) is 0 Å². The molecule has 30 heavy (non-hydrogen) atoms. The van der Waals surface area contributed by atoms with Gasteiger partial charge in [-0.1, -0.05) is 45.9 Å². The molecular formula is C19H17Cl2N3O4S2. The van der Waals surface area contributed by atoms with Gasteiger partial charge in [0, 0.05) is 35.1 Å². The Morgan fingerprint density at radius 2 is 1.93 bits per heavy atom. The molecule has 3 rings (SSSR count). The van der Waals surface area contributed by atoms with E-state index in [4.69, 9.17) is 28.0 Å². The van der Waals surface area contributed by atoms with Crippen LogP contribution in [0.2, 0.25) is 10.0 Å². The lowest BCUT2D eigenvalue weighted by Crippen LogP contribution is -2.26. The van der Waals surface area contributed by atoms with Gasteiger partial charge in [0.05, 0.1) is 12.1 Å². The van der Waals surface area contributed by atoms with E-state index >= 15 is 0 Å². The van der Waals surface area contributed by atoms with Gasteiger partial charge in [-0.15, -0.1) is 11.3 Å². The van der Waals surface area contributed by atoms with Gasteiger partial charge >= 0.3 is 0 Å². The molecule has 0 atom stereocenters. The van der Waals surface area contributed by atoms with Crippen molar-refractivity contribution in [2.75, 3.05) is 19.5 Å². The number of halogens is 2. The van der Waals surface area contributed by atoms with Crippen LogP contribution in [0.4, 0.5) is 5.13 Å². The molecule has 0 saturated carbocycles. The van der Waals surface area contributed by atoms with Crippen molar-refractivity contribution in [3.8, 4) is 0 Å². The van der Waals surface area contributed by atoms with Crippen molar-refractivity contribution in [1.82, 2.24) is 9.45 Å². The first kappa shape index (κ1) is 22.7.